The van der Waals surface area contributed by atoms with Gasteiger partial charge in [-0.15, -0.1) is 11.3 Å². The van der Waals surface area contributed by atoms with Gasteiger partial charge < -0.3 is 4.90 Å². The van der Waals surface area contributed by atoms with E-state index in [1.165, 1.54) is 36.2 Å². The molecule has 4 rings (SSSR count). The summed E-state index contributed by atoms with van der Waals surface area (Å²) in [6, 6.07) is 17.7. The van der Waals surface area contributed by atoms with Gasteiger partial charge in [-0.25, -0.2) is 8.42 Å². The first-order valence-electron chi connectivity index (χ1n) is 9.50. The molecule has 0 aliphatic carbocycles. The number of nitrogens with zero attached hydrogens (tertiary/aromatic N) is 2. The van der Waals surface area contributed by atoms with E-state index >= 15 is 0 Å². The predicted molar refractivity (Wildman–Crippen MR) is 119 cm³/mol. The van der Waals surface area contributed by atoms with Gasteiger partial charge >= 0.3 is 0 Å². The first kappa shape index (κ1) is 21.1. The molecule has 1 unspecified atom stereocenters. The molecule has 1 atom stereocenters. The second-order valence-corrected chi connectivity index (χ2v) is 10.6. The number of carbonyl (C=O) groups excluding carboxylic acids is 1. The van der Waals surface area contributed by atoms with Gasteiger partial charge in [0.15, 0.2) is 0 Å². The van der Waals surface area contributed by atoms with E-state index in [1.54, 1.807) is 16.2 Å². The monoisotopic (exact) mass is 460 g/mol. The van der Waals surface area contributed by atoms with E-state index in [0.717, 1.165) is 21.9 Å². The fourth-order valence-corrected chi connectivity index (χ4v) is 5.88. The van der Waals surface area contributed by atoms with Gasteiger partial charge in [0.05, 0.1) is 17.5 Å². The number of benzene rings is 2. The summed E-state index contributed by atoms with van der Waals surface area (Å²) >= 11 is 7.56. The van der Waals surface area contributed by atoms with Crippen LogP contribution < -0.4 is 0 Å². The number of hydrogen-bond donors (Lipinski definition) is 0. The number of sulfonamides is 1. The number of carbonyl (C=O) groups is 1. The van der Waals surface area contributed by atoms with Crippen LogP contribution in [0, 0.1) is 0 Å². The van der Waals surface area contributed by atoms with Crippen molar-refractivity contribution in [2.24, 2.45) is 0 Å². The minimum Gasteiger partial charge on any atom is -0.330 e. The van der Waals surface area contributed by atoms with Crippen molar-refractivity contribution >= 4 is 38.9 Å². The average molecular weight is 461 g/mol. The lowest BCUT2D eigenvalue weighted by molar-refractivity contribution is -0.133. The highest BCUT2D eigenvalue weighted by Crippen LogP contribution is 2.37. The normalized spacial score (nSPS) is 16.5. The van der Waals surface area contributed by atoms with Gasteiger partial charge in [0.2, 0.25) is 15.9 Å². The molecule has 156 valence electrons. The van der Waals surface area contributed by atoms with E-state index in [0.29, 0.717) is 11.6 Å². The molecule has 2 aromatic carbocycles. The molecule has 30 heavy (non-hydrogen) atoms. The van der Waals surface area contributed by atoms with Gasteiger partial charge in [-0.05, 0) is 53.3 Å². The number of rotatable bonds is 5. The molecule has 5 nitrogen and oxygen atoms in total. The van der Waals surface area contributed by atoms with Crippen LogP contribution in [-0.4, -0.2) is 43.7 Å². The maximum atomic E-state index is 13.3. The molecule has 3 aromatic rings. The van der Waals surface area contributed by atoms with E-state index in [4.69, 9.17) is 11.6 Å². The standard InChI is InChI=1S/C22H21ClN2O3S2/c1-24(30(27,28)18-9-7-17(23)8-10-18)15-21(26)25-13-11-20-19(12-14-29-20)22(25)16-5-3-2-4-6-16/h2-10,12,14,22H,11,13,15H2,1H3. The van der Waals surface area contributed by atoms with Crippen molar-refractivity contribution < 1.29 is 13.2 Å². The zero-order valence-corrected chi connectivity index (χ0v) is 18.8. The van der Waals surface area contributed by atoms with Gasteiger partial charge in [0.1, 0.15) is 0 Å². The van der Waals surface area contributed by atoms with Crippen molar-refractivity contribution in [3.05, 3.63) is 87.1 Å². The third-order valence-corrected chi connectivity index (χ3v) is 8.35. The smallest absolute Gasteiger partial charge is 0.243 e. The summed E-state index contributed by atoms with van der Waals surface area (Å²) in [5.74, 6) is -0.222. The molecule has 0 N–H and O–H groups in total. The zero-order chi connectivity index (χ0) is 21.3. The molecule has 2 heterocycles. The molecule has 1 amide bonds. The van der Waals surface area contributed by atoms with E-state index in [1.807, 2.05) is 35.7 Å². The van der Waals surface area contributed by atoms with Crippen LogP contribution in [0.5, 0.6) is 0 Å². The van der Waals surface area contributed by atoms with Crippen LogP contribution in [0.1, 0.15) is 22.0 Å². The fraction of sp³-hybridized carbons (Fsp3) is 0.227. The fourth-order valence-electron chi connectivity index (χ4n) is 3.73. The summed E-state index contributed by atoms with van der Waals surface area (Å²) in [4.78, 5) is 16.4. The number of halogens is 1. The second-order valence-electron chi connectivity index (χ2n) is 7.16. The molecule has 1 aliphatic heterocycles. The van der Waals surface area contributed by atoms with Crippen LogP contribution in [0.2, 0.25) is 5.02 Å². The second kappa shape index (κ2) is 8.51. The van der Waals surface area contributed by atoms with Gasteiger partial charge in [0, 0.05) is 23.5 Å². The summed E-state index contributed by atoms with van der Waals surface area (Å²) in [5, 5.41) is 2.50. The Labute approximate surface area is 185 Å². The van der Waals surface area contributed by atoms with Crippen molar-refractivity contribution in [2.45, 2.75) is 17.4 Å². The highest BCUT2D eigenvalue weighted by molar-refractivity contribution is 7.89. The predicted octanol–water partition coefficient (Wildman–Crippen LogP) is 4.20. The Morgan fingerprint density at radius 1 is 1.13 bits per heavy atom. The van der Waals surface area contributed by atoms with E-state index in [9.17, 15) is 13.2 Å². The Morgan fingerprint density at radius 3 is 2.53 bits per heavy atom. The Kier molecular flexibility index (Phi) is 5.97. The number of hydrogen-bond acceptors (Lipinski definition) is 4. The van der Waals surface area contributed by atoms with Crippen molar-refractivity contribution in [2.75, 3.05) is 20.1 Å². The number of fused-ring (bicyclic) bond motifs is 1. The molecular weight excluding hydrogens is 440 g/mol. The minimum absolute atomic E-state index is 0.112. The lowest BCUT2D eigenvalue weighted by Crippen LogP contribution is -2.45. The molecule has 0 radical (unpaired) electrons. The maximum absolute atomic E-state index is 13.3. The van der Waals surface area contributed by atoms with Crippen LogP contribution in [0.25, 0.3) is 0 Å². The van der Waals surface area contributed by atoms with Crippen LogP contribution in [-0.2, 0) is 21.2 Å². The van der Waals surface area contributed by atoms with Gasteiger partial charge in [-0.2, -0.15) is 4.31 Å². The molecule has 1 aromatic heterocycles. The lowest BCUT2D eigenvalue weighted by Gasteiger charge is -2.37. The quantitative estimate of drug-likeness (QED) is 0.573. The van der Waals surface area contributed by atoms with Crippen molar-refractivity contribution in [3.8, 4) is 0 Å². The molecule has 0 saturated heterocycles. The Bertz CT molecular complexity index is 1140. The zero-order valence-electron chi connectivity index (χ0n) is 16.4. The number of thiophene rings is 1. The molecule has 8 heteroatoms. The van der Waals surface area contributed by atoms with E-state index in [2.05, 4.69) is 6.07 Å². The SMILES string of the molecule is CN(CC(=O)N1CCc2sccc2C1c1ccccc1)S(=O)(=O)c1ccc(Cl)cc1. The number of amides is 1. The minimum atomic E-state index is -3.79. The van der Waals surface area contributed by atoms with Crippen molar-refractivity contribution in [3.63, 3.8) is 0 Å². The highest BCUT2D eigenvalue weighted by atomic mass is 35.5. The first-order valence-corrected chi connectivity index (χ1v) is 12.2. The van der Waals surface area contributed by atoms with Gasteiger partial charge in [0.25, 0.3) is 0 Å². The number of likely N-dealkylation sites (N-methyl/N-ethyl adjacent to an activating group) is 1. The maximum Gasteiger partial charge on any atom is 0.243 e. The highest BCUT2D eigenvalue weighted by Gasteiger charge is 2.34. The van der Waals surface area contributed by atoms with Crippen LogP contribution in [0.3, 0.4) is 0 Å². The largest absolute Gasteiger partial charge is 0.330 e. The summed E-state index contributed by atoms with van der Waals surface area (Å²) in [6.07, 6.45) is 0.774. The third-order valence-electron chi connectivity index (χ3n) is 5.28. The molecule has 0 bridgehead atoms. The van der Waals surface area contributed by atoms with Crippen LogP contribution in [0.4, 0.5) is 0 Å². The Balaban J connectivity index is 1.60. The lowest BCUT2D eigenvalue weighted by atomic mass is 9.93. The molecule has 0 spiro atoms. The summed E-state index contributed by atoms with van der Waals surface area (Å²) in [6.45, 7) is 0.328. The van der Waals surface area contributed by atoms with E-state index < -0.39 is 10.0 Å². The van der Waals surface area contributed by atoms with Gasteiger partial charge in [-0.1, -0.05) is 41.9 Å². The molecule has 0 fully saturated rings. The van der Waals surface area contributed by atoms with Gasteiger partial charge in [-0.3, -0.25) is 4.79 Å². The Hall–Kier alpha value is -2.19. The van der Waals surface area contributed by atoms with E-state index in [-0.39, 0.29) is 23.4 Å². The third kappa shape index (κ3) is 4.03. The Morgan fingerprint density at radius 2 is 1.83 bits per heavy atom. The average Bonchev–Trinajstić information content (AvgIpc) is 3.22. The summed E-state index contributed by atoms with van der Waals surface area (Å²) in [7, 11) is -2.36. The molecule has 0 saturated carbocycles. The molecular formula is C22H21ClN2O3S2. The summed E-state index contributed by atoms with van der Waals surface area (Å²) in [5.41, 5.74) is 2.14. The topological polar surface area (TPSA) is 57.7 Å². The van der Waals surface area contributed by atoms with Crippen LogP contribution in [0.15, 0.2) is 70.9 Å². The molecule has 1 aliphatic rings. The summed E-state index contributed by atoms with van der Waals surface area (Å²) < 4.78 is 26.9. The van der Waals surface area contributed by atoms with Crippen molar-refractivity contribution in [1.82, 2.24) is 9.21 Å². The van der Waals surface area contributed by atoms with Crippen LogP contribution >= 0.6 is 22.9 Å². The first-order chi connectivity index (χ1) is 14.4. The van der Waals surface area contributed by atoms with Crippen molar-refractivity contribution in [1.29, 1.82) is 0 Å².